The highest BCUT2D eigenvalue weighted by atomic mass is 35.5. The fraction of sp³-hybridized carbons (Fsp3) is 0.308. The third-order valence-corrected chi connectivity index (χ3v) is 2.73. The Kier molecular flexibility index (Phi) is 3.48. The summed E-state index contributed by atoms with van der Waals surface area (Å²) in [4.78, 5) is 19.7. The first-order chi connectivity index (χ1) is 8.47. The standard InChI is InChI=1S/C13H13ClN2O2/c1-7(2)5-11-15-10-4-3-8(14)6-9(10)12(16-11)13(17)18/h3-4,6-7H,5H2,1-2H3,(H,17,18). The van der Waals surface area contributed by atoms with Crippen molar-refractivity contribution in [2.24, 2.45) is 5.92 Å². The van der Waals surface area contributed by atoms with E-state index in [1.807, 2.05) is 13.8 Å². The van der Waals surface area contributed by atoms with Gasteiger partial charge < -0.3 is 5.11 Å². The molecule has 18 heavy (non-hydrogen) atoms. The molecule has 94 valence electrons. The van der Waals surface area contributed by atoms with Crippen molar-refractivity contribution < 1.29 is 9.90 Å². The number of carbonyl (C=O) groups is 1. The van der Waals surface area contributed by atoms with Crippen LogP contribution in [0.15, 0.2) is 18.2 Å². The molecule has 0 saturated carbocycles. The van der Waals surface area contributed by atoms with E-state index in [2.05, 4.69) is 9.97 Å². The highest BCUT2D eigenvalue weighted by Crippen LogP contribution is 2.21. The molecule has 0 atom stereocenters. The molecular formula is C13H13ClN2O2. The van der Waals surface area contributed by atoms with Crippen LogP contribution in [0.5, 0.6) is 0 Å². The first kappa shape index (κ1) is 12.8. The number of carboxylic acid groups (broad SMARTS) is 1. The summed E-state index contributed by atoms with van der Waals surface area (Å²) in [6, 6.07) is 5.00. The van der Waals surface area contributed by atoms with Gasteiger partial charge in [0.25, 0.3) is 0 Å². The van der Waals surface area contributed by atoms with Gasteiger partial charge in [0, 0.05) is 16.8 Å². The van der Waals surface area contributed by atoms with Crippen LogP contribution in [-0.4, -0.2) is 21.0 Å². The van der Waals surface area contributed by atoms with Gasteiger partial charge in [-0.05, 0) is 24.1 Å². The van der Waals surface area contributed by atoms with Crippen LogP contribution >= 0.6 is 11.6 Å². The second-order valence-electron chi connectivity index (χ2n) is 4.55. The quantitative estimate of drug-likeness (QED) is 0.925. The normalized spacial score (nSPS) is 11.1. The van der Waals surface area contributed by atoms with E-state index >= 15 is 0 Å². The van der Waals surface area contributed by atoms with Gasteiger partial charge in [-0.15, -0.1) is 0 Å². The SMILES string of the molecule is CC(C)Cc1nc(C(=O)O)c2cc(Cl)ccc2n1. The number of carboxylic acids is 1. The minimum atomic E-state index is -1.06. The Balaban J connectivity index is 2.66. The summed E-state index contributed by atoms with van der Waals surface area (Å²) in [5, 5.41) is 10.2. The number of halogens is 1. The molecule has 0 fully saturated rings. The van der Waals surface area contributed by atoms with E-state index in [9.17, 15) is 9.90 Å². The Morgan fingerprint density at radius 2 is 2.11 bits per heavy atom. The third-order valence-electron chi connectivity index (χ3n) is 2.50. The number of rotatable bonds is 3. The predicted octanol–water partition coefficient (Wildman–Crippen LogP) is 3.18. The molecule has 0 unspecified atom stereocenters. The zero-order valence-electron chi connectivity index (χ0n) is 10.1. The Morgan fingerprint density at radius 1 is 1.39 bits per heavy atom. The zero-order valence-corrected chi connectivity index (χ0v) is 10.9. The lowest BCUT2D eigenvalue weighted by Crippen LogP contribution is -2.08. The molecule has 1 aromatic heterocycles. The molecule has 5 heteroatoms. The first-order valence-corrected chi connectivity index (χ1v) is 6.04. The molecule has 1 aromatic carbocycles. The number of aromatic nitrogens is 2. The minimum absolute atomic E-state index is 0.0122. The van der Waals surface area contributed by atoms with Gasteiger partial charge in [0.05, 0.1) is 5.52 Å². The van der Waals surface area contributed by atoms with Crippen molar-refractivity contribution >= 4 is 28.5 Å². The van der Waals surface area contributed by atoms with Gasteiger partial charge >= 0.3 is 5.97 Å². The Hall–Kier alpha value is -1.68. The van der Waals surface area contributed by atoms with Gasteiger partial charge in [0.1, 0.15) is 5.82 Å². The Labute approximate surface area is 110 Å². The third kappa shape index (κ3) is 2.59. The molecule has 2 rings (SSSR count). The van der Waals surface area contributed by atoms with E-state index in [1.54, 1.807) is 18.2 Å². The Bertz CT molecular complexity index is 611. The lowest BCUT2D eigenvalue weighted by atomic mass is 10.1. The molecule has 0 spiro atoms. The Morgan fingerprint density at radius 3 is 2.72 bits per heavy atom. The molecule has 1 heterocycles. The van der Waals surface area contributed by atoms with E-state index in [4.69, 9.17) is 11.6 Å². The van der Waals surface area contributed by atoms with E-state index in [-0.39, 0.29) is 5.69 Å². The molecule has 0 aliphatic carbocycles. The van der Waals surface area contributed by atoms with Gasteiger partial charge in [0.2, 0.25) is 0 Å². The molecule has 4 nitrogen and oxygen atoms in total. The summed E-state index contributed by atoms with van der Waals surface area (Å²) in [6.07, 6.45) is 0.652. The minimum Gasteiger partial charge on any atom is -0.476 e. The summed E-state index contributed by atoms with van der Waals surface area (Å²) in [7, 11) is 0. The molecule has 1 N–H and O–H groups in total. The maximum Gasteiger partial charge on any atom is 0.355 e. The average Bonchev–Trinajstić information content (AvgIpc) is 2.27. The van der Waals surface area contributed by atoms with Crippen LogP contribution in [0.3, 0.4) is 0 Å². The summed E-state index contributed by atoms with van der Waals surface area (Å²) >= 11 is 5.87. The van der Waals surface area contributed by atoms with Gasteiger partial charge in [-0.3, -0.25) is 0 Å². The number of fused-ring (bicyclic) bond motifs is 1. The fourth-order valence-corrected chi connectivity index (χ4v) is 1.94. The predicted molar refractivity (Wildman–Crippen MR) is 70.0 cm³/mol. The summed E-state index contributed by atoms with van der Waals surface area (Å²) in [5.41, 5.74) is 0.626. The second-order valence-corrected chi connectivity index (χ2v) is 4.99. The van der Waals surface area contributed by atoms with Gasteiger partial charge in [0.15, 0.2) is 5.69 Å². The van der Waals surface area contributed by atoms with E-state index in [1.165, 1.54) is 0 Å². The molecule has 0 amide bonds. The van der Waals surface area contributed by atoms with E-state index in [0.717, 1.165) is 0 Å². The fourth-order valence-electron chi connectivity index (χ4n) is 1.77. The number of hydrogen-bond donors (Lipinski definition) is 1. The largest absolute Gasteiger partial charge is 0.476 e. The van der Waals surface area contributed by atoms with E-state index in [0.29, 0.717) is 34.1 Å². The number of aromatic carboxylic acids is 1. The van der Waals surface area contributed by atoms with Crippen LogP contribution in [0.1, 0.15) is 30.2 Å². The maximum absolute atomic E-state index is 11.2. The topological polar surface area (TPSA) is 63.1 Å². The second kappa shape index (κ2) is 4.90. The zero-order chi connectivity index (χ0) is 13.3. The molecular weight excluding hydrogens is 252 g/mol. The maximum atomic E-state index is 11.2. The van der Waals surface area contributed by atoms with Gasteiger partial charge in [-0.1, -0.05) is 25.4 Å². The molecule has 2 aromatic rings. The molecule has 0 aliphatic rings. The van der Waals surface area contributed by atoms with Crippen molar-refractivity contribution in [3.8, 4) is 0 Å². The van der Waals surface area contributed by atoms with Gasteiger partial charge in [-0.25, -0.2) is 14.8 Å². The molecule has 0 radical (unpaired) electrons. The average molecular weight is 265 g/mol. The molecule has 0 saturated heterocycles. The monoisotopic (exact) mass is 264 g/mol. The van der Waals surface area contributed by atoms with E-state index < -0.39 is 5.97 Å². The lowest BCUT2D eigenvalue weighted by molar-refractivity contribution is 0.0692. The number of nitrogens with zero attached hydrogens (tertiary/aromatic N) is 2. The number of hydrogen-bond acceptors (Lipinski definition) is 3. The van der Waals surface area contributed by atoms with Crippen LogP contribution in [-0.2, 0) is 6.42 Å². The summed E-state index contributed by atoms with van der Waals surface area (Å²) < 4.78 is 0. The van der Waals surface area contributed by atoms with Crippen molar-refractivity contribution in [2.45, 2.75) is 20.3 Å². The smallest absolute Gasteiger partial charge is 0.355 e. The van der Waals surface area contributed by atoms with Crippen molar-refractivity contribution in [1.82, 2.24) is 9.97 Å². The number of benzene rings is 1. The highest BCUT2D eigenvalue weighted by molar-refractivity contribution is 6.31. The van der Waals surface area contributed by atoms with Crippen molar-refractivity contribution in [1.29, 1.82) is 0 Å². The molecule has 0 bridgehead atoms. The summed E-state index contributed by atoms with van der Waals surface area (Å²) in [6.45, 7) is 4.08. The lowest BCUT2D eigenvalue weighted by Gasteiger charge is -2.07. The summed E-state index contributed by atoms with van der Waals surface area (Å²) in [5.74, 6) is -0.136. The van der Waals surface area contributed by atoms with Crippen molar-refractivity contribution in [2.75, 3.05) is 0 Å². The van der Waals surface area contributed by atoms with Crippen LogP contribution in [0.2, 0.25) is 5.02 Å². The first-order valence-electron chi connectivity index (χ1n) is 5.67. The highest BCUT2D eigenvalue weighted by Gasteiger charge is 2.14. The van der Waals surface area contributed by atoms with Crippen LogP contribution in [0.4, 0.5) is 0 Å². The molecule has 0 aliphatic heterocycles. The van der Waals surface area contributed by atoms with Crippen LogP contribution in [0.25, 0.3) is 10.9 Å². The van der Waals surface area contributed by atoms with Crippen LogP contribution < -0.4 is 0 Å². The van der Waals surface area contributed by atoms with Crippen LogP contribution in [0, 0.1) is 5.92 Å². The van der Waals surface area contributed by atoms with Crippen molar-refractivity contribution in [3.63, 3.8) is 0 Å². The van der Waals surface area contributed by atoms with Gasteiger partial charge in [-0.2, -0.15) is 0 Å². The van der Waals surface area contributed by atoms with Crippen molar-refractivity contribution in [3.05, 3.63) is 34.7 Å².